The first kappa shape index (κ1) is 22.2. The largest absolute Gasteiger partial charge is 0.496 e. The summed E-state index contributed by atoms with van der Waals surface area (Å²) in [4.78, 5) is 6.76. The van der Waals surface area contributed by atoms with Crippen LogP contribution in [0, 0.1) is 0 Å². The Bertz CT molecular complexity index is 745. The number of methoxy groups -OCH3 is 1. The predicted octanol–water partition coefficient (Wildman–Crippen LogP) is 2.82. The Morgan fingerprint density at radius 2 is 2.04 bits per heavy atom. The van der Waals surface area contributed by atoms with Crippen LogP contribution in [0.15, 0.2) is 46.1 Å². The van der Waals surface area contributed by atoms with Gasteiger partial charge >= 0.3 is 0 Å². The highest BCUT2D eigenvalue weighted by Crippen LogP contribution is 2.27. The molecular weight excluding hydrogens is 372 g/mol. The minimum absolute atomic E-state index is 0.109. The summed E-state index contributed by atoms with van der Waals surface area (Å²) in [6.07, 6.45) is 0. The number of guanidine groups is 1. The number of thiophene rings is 1. The molecule has 0 aliphatic rings. The summed E-state index contributed by atoms with van der Waals surface area (Å²) in [5.41, 5.74) is 1.01. The van der Waals surface area contributed by atoms with Gasteiger partial charge in [0.1, 0.15) is 11.4 Å². The molecule has 154 valence electrons. The number of benzene rings is 1. The molecule has 1 aromatic heterocycles. The molecule has 0 saturated carbocycles. The van der Waals surface area contributed by atoms with E-state index in [0.717, 1.165) is 23.4 Å². The van der Waals surface area contributed by atoms with Crippen LogP contribution in [0.5, 0.6) is 5.75 Å². The second-order valence-corrected chi connectivity index (χ2v) is 7.86. The molecule has 2 aromatic rings. The van der Waals surface area contributed by atoms with Gasteiger partial charge in [0.25, 0.3) is 0 Å². The molecule has 0 aliphatic carbocycles. The van der Waals surface area contributed by atoms with Crippen LogP contribution in [0.1, 0.15) is 31.0 Å². The maximum Gasteiger partial charge on any atom is 0.191 e. The lowest BCUT2D eigenvalue weighted by atomic mass is 10.00. The standard InChI is InChI=1S/C21H32N4O2S/c1-6-22-20(24-15-21(2,26)16-11-12-28-14-16)23-13-18(25(3)4)17-9-7-8-10-19(17)27-5/h7-12,14,18,26H,6,13,15H2,1-5H3,(H2,22,23,24). The molecule has 6 nitrogen and oxygen atoms in total. The molecule has 0 amide bonds. The Kier molecular flexibility index (Phi) is 8.29. The SMILES string of the molecule is CCNC(=NCC(C)(O)c1ccsc1)NCC(c1ccccc1OC)N(C)C. The van der Waals surface area contributed by atoms with Crippen molar-refractivity contribution in [2.75, 3.05) is 40.8 Å². The highest BCUT2D eigenvalue weighted by atomic mass is 32.1. The zero-order chi connectivity index (χ0) is 20.6. The van der Waals surface area contributed by atoms with Gasteiger partial charge in [0.05, 0.1) is 19.7 Å². The Balaban J connectivity index is 2.11. The van der Waals surface area contributed by atoms with Crippen molar-refractivity contribution in [3.8, 4) is 5.75 Å². The number of ether oxygens (including phenoxy) is 1. The number of nitrogens with one attached hydrogen (secondary N) is 2. The lowest BCUT2D eigenvalue weighted by molar-refractivity contribution is 0.0677. The molecule has 7 heteroatoms. The Morgan fingerprint density at radius 1 is 1.29 bits per heavy atom. The van der Waals surface area contributed by atoms with Gasteiger partial charge < -0.3 is 25.4 Å². The summed E-state index contributed by atoms with van der Waals surface area (Å²) >= 11 is 1.57. The molecule has 1 heterocycles. The topological polar surface area (TPSA) is 69.1 Å². The van der Waals surface area contributed by atoms with Gasteiger partial charge in [0, 0.05) is 18.7 Å². The summed E-state index contributed by atoms with van der Waals surface area (Å²) in [7, 11) is 5.78. The zero-order valence-corrected chi connectivity index (χ0v) is 18.2. The van der Waals surface area contributed by atoms with E-state index in [-0.39, 0.29) is 12.6 Å². The van der Waals surface area contributed by atoms with Crippen LogP contribution in [0.25, 0.3) is 0 Å². The average molecular weight is 405 g/mol. The van der Waals surface area contributed by atoms with Crippen molar-refractivity contribution in [1.29, 1.82) is 0 Å². The third-order valence-electron chi connectivity index (χ3n) is 4.62. The molecule has 1 aromatic carbocycles. The van der Waals surface area contributed by atoms with E-state index in [1.807, 2.05) is 56.0 Å². The van der Waals surface area contributed by atoms with Crippen LogP contribution < -0.4 is 15.4 Å². The number of para-hydroxylation sites is 1. The first-order valence-corrected chi connectivity index (χ1v) is 10.4. The molecule has 0 fully saturated rings. The van der Waals surface area contributed by atoms with Crippen molar-refractivity contribution in [2.24, 2.45) is 4.99 Å². The third kappa shape index (κ3) is 5.95. The number of hydrogen-bond donors (Lipinski definition) is 3. The first-order chi connectivity index (χ1) is 13.4. The highest BCUT2D eigenvalue weighted by molar-refractivity contribution is 7.08. The van der Waals surface area contributed by atoms with Crippen molar-refractivity contribution in [2.45, 2.75) is 25.5 Å². The normalized spacial score (nSPS) is 15.2. The van der Waals surface area contributed by atoms with Crippen molar-refractivity contribution in [1.82, 2.24) is 15.5 Å². The van der Waals surface area contributed by atoms with Gasteiger partial charge in [-0.3, -0.25) is 0 Å². The molecule has 2 rings (SSSR count). The van der Waals surface area contributed by atoms with Crippen LogP contribution in [0.3, 0.4) is 0 Å². The summed E-state index contributed by atoms with van der Waals surface area (Å²) in [6, 6.07) is 10.1. The Labute approximate surface area is 172 Å². The molecule has 0 saturated heterocycles. The van der Waals surface area contributed by atoms with E-state index >= 15 is 0 Å². The molecule has 0 aliphatic heterocycles. The highest BCUT2D eigenvalue weighted by Gasteiger charge is 2.24. The fourth-order valence-electron chi connectivity index (χ4n) is 2.94. The van der Waals surface area contributed by atoms with Gasteiger partial charge in [-0.15, -0.1) is 0 Å². The monoisotopic (exact) mass is 404 g/mol. The van der Waals surface area contributed by atoms with E-state index in [9.17, 15) is 5.11 Å². The number of hydrogen-bond acceptors (Lipinski definition) is 5. The molecule has 2 unspecified atom stereocenters. The smallest absolute Gasteiger partial charge is 0.191 e. The van der Waals surface area contributed by atoms with Crippen LogP contribution in [-0.4, -0.2) is 56.8 Å². The van der Waals surface area contributed by atoms with E-state index in [4.69, 9.17) is 4.74 Å². The molecule has 0 radical (unpaired) electrons. The fraction of sp³-hybridized carbons (Fsp3) is 0.476. The minimum Gasteiger partial charge on any atom is -0.496 e. The lowest BCUT2D eigenvalue weighted by Crippen LogP contribution is -2.42. The van der Waals surface area contributed by atoms with E-state index < -0.39 is 5.60 Å². The average Bonchev–Trinajstić information content (AvgIpc) is 3.22. The second kappa shape index (κ2) is 10.5. The van der Waals surface area contributed by atoms with E-state index in [1.165, 1.54) is 0 Å². The molecule has 3 N–H and O–H groups in total. The van der Waals surface area contributed by atoms with Crippen molar-refractivity contribution in [3.05, 3.63) is 52.2 Å². The summed E-state index contributed by atoms with van der Waals surface area (Å²) in [6.45, 7) is 5.49. The molecule has 0 bridgehead atoms. The number of nitrogens with zero attached hydrogens (tertiary/aromatic N) is 2. The quantitative estimate of drug-likeness (QED) is 0.443. The van der Waals surface area contributed by atoms with E-state index in [1.54, 1.807) is 25.4 Å². The third-order valence-corrected chi connectivity index (χ3v) is 5.30. The fourth-order valence-corrected chi connectivity index (χ4v) is 3.73. The van der Waals surface area contributed by atoms with Gasteiger partial charge in [-0.25, -0.2) is 4.99 Å². The van der Waals surface area contributed by atoms with Gasteiger partial charge in [-0.1, -0.05) is 18.2 Å². The predicted molar refractivity (Wildman–Crippen MR) is 117 cm³/mol. The van der Waals surface area contributed by atoms with Gasteiger partial charge in [0.15, 0.2) is 5.96 Å². The lowest BCUT2D eigenvalue weighted by Gasteiger charge is -2.27. The van der Waals surface area contributed by atoms with Crippen LogP contribution in [0.2, 0.25) is 0 Å². The molecular formula is C21H32N4O2S. The van der Waals surface area contributed by atoms with E-state index in [0.29, 0.717) is 12.5 Å². The number of likely N-dealkylation sites (N-methyl/N-ethyl adjacent to an activating group) is 1. The minimum atomic E-state index is -0.994. The maximum absolute atomic E-state index is 10.7. The van der Waals surface area contributed by atoms with Crippen molar-refractivity contribution in [3.63, 3.8) is 0 Å². The van der Waals surface area contributed by atoms with Gasteiger partial charge in [-0.2, -0.15) is 11.3 Å². The van der Waals surface area contributed by atoms with Crippen molar-refractivity contribution >= 4 is 17.3 Å². The Hall–Kier alpha value is -2.09. The zero-order valence-electron chi connectivity index (χ0n) is 17.4. The summed E-state index contributed by atoms with van der Waals surface area (Å²) in [5.74, 6) is 1.55. The van der Waals surface area contributed by atoms with Gasteiger partial charge in [0.2, 0.25) is 0 Å². The van der Waals surface area contributed by atoms with Crippen LogP contribution in [-0.2, 0) is 5.60 Å². The first-order valence-electron chi connectivity index (χ1n) is 9.45. The van der Waals surface area contributed by atoms with Crippen LogP contribution in [0.4, 0.5) is 0 Å². The number of rotatable bonds is 9. The van der Waals surface area contributed by atoms with E-state index in [2.05, 4.69) is 26.6 Å². The van der Waals surface area contributed by atoms with Crippen molar-refractivity contribution < 1.29 is 9.84 Å². The van der Waals surface area contributed by atoms with Crippen LogP contribution >= 0.6 is 11.3 Å². The molecule has 0 spiro atoms. The molecule has 2 atom stereocenters. The second-order valence-electron chi connectivity index (χ2n) is 7.08. The Morgan fingerprint density at radius 3 is 2.64 bits per heavy atom. The summed E-state index contributed by atoms with van der Waals surface area (Å²) in [5, 5.41) is 21.3. The maximum atomic E-state index is 10.7. The van der Waals surface area contributed by atoms with Gasteiger partial charge in [-0.05, 0) is 56.4 Å². The molecule has 28 heavy (non-hydrogen) atoms. The summed E-state index contributed by atoms with van der Waals surface area (Å²) < 4.78 is 5.53. The number of aliphatic imine (C=N–C) groups is 1. The number of aliphatic hydroxyl groups is 1.